The largest absolute Gasteiger partial charge is 0.504 e. The molecule has 1 amide bonds. The standard InChI is InChI=1S/C23H22N2O5S/c1-4-6-16-11-14(12-18(30-3)20(16)26)13-19-21(27)25(5-2)23(31-19)24-17-9-7-15(8-10-17)22(28)29/h4,7-13,26H,1,5-6H2,2-3H3,(H,28,29)/b19-13+,24-23?. The molecule has 1 saturated heterocycles. The van der Waals surface area contributed by atoms with Crippen molar-refractivity contribution >= 4 is 40.6 Å². The molecule has 0 bridgehead atoms. The molecule has 2 aromatic carbocycles. The van der Waals surface area contributed by atoms with Crippen molar-refractivity contribution in [1.82, 2.24) is 4.90 Å². The lowest BCUT2D eigenvalue weighted by Gasteiger charge is -2.12. The van der Waals surface area contributed by atoms with Gasteiger partial charge in [0.25, 0.3) is 5.91 Å². The van der Waals surface area contributed by atoms with Crippen LogP contribution in [0.25, 0.3) is 6.08 Å². The maximum Gasteiger partial charge on any atom is 0.335 e. The second kappa shape index (κ2) is 9.53. The molecule has 0 radical (unpaired) electrons. The first-order chi connectivity index (χ1) is 14.9. The monoisotopic (exact) mass is 438 g/mol. The summed E-state index contributed by atoms with van der Waals surface area (Å²) in [6.07, 6.45) is 3.88. The van der Waals surface area contributed by atoms with Gasteiger partial charge in [-0.1, -0.05) is 6.08 Å². The number of allylic oxidation sites excluding steroid dienone is 1. The smallest absolute Gasteiger partial charge is 0.335 e. The van der Waals surface area contributed by atoms with Gasteiger partial charge >= 0.3 is 5.97 Å². The van der Waals surface area contributed by atoms with Gasteiger partial charge in [-0.2, -0.15) is 0 Å². The maximum atomic E-state index is 12.9. The minimum absolute atomic E-state index is 0.0530. The number of aromatic hydroxyl groups is 1. The molecule has 1 fully saturated rings. The van der Waals surface area contributed by atoms with Gasteiger partial charge in [0, 0.05) is 12.1 Å². The normalized spacial score (nSPS) is 16.2. The van der Waals surface area contributed by atoms with Gasteiger partial charge in [-0.05, 0) is 73.1 Å². The van der Waals surface area contributed by atoms with Crippen LogP contribution in [0.5, 0.6) is 11.5 Å². The first kappa shape index (κ1) is 22.2. The number of aromatic carboxylic acids is 1. The number of amides is 1. The van der Waals surface area contributed by atoms with Gasteiger partial charge in [-0.25, -0.2) is 9.79 Å². The van der Waals surface area contributed by atoms with Crippen LogP contribution >= 0.6 is 11.8 Å². The van der Waals surface area contributed by atoms with E-state index < -0.39 is 5.97 Å². The number of carboxylic acid groups (broad SMARTS) is 1. The molecule has 7 nitrogen and oxygen atoms in total. The summed E-state index contributed by atoms with van der Waals surface area (Å²) < 4.78 is 5.25. The molecule has 0 atom stereocenters. The van der Waals surface area contributed by atoms with Crippen LogP contribution in [0.4, 0.5) is 5.69 Å². The van der Waals surface area contributed by atoms with Crippen molar-refractivity contribution in [3.63, 3.8) is 0 Å². The first-order valence-corrected chi connectivity index (χ1v) is 10.3. The lowest BCUT2D eigenvalue weighted by atomic mass is 10.1. The SMILES string of the molecule is C=CCc1cc(/C=C2/SC(=Nc3ccc(C(=O)O)cc3)N(CC)C2=O)cc(OC)c1O. The summed E-state index contributed by atoms with van der Waals surface area (Å²) in [5.41, 5.74) is 2.09. The van der Waals surface area contributed by atoms with E-state index in [2.05, 4.69) is 11.6 Å². The van der Waals surface area contributed by atoms with Gasteiger partial charge in [0.05, 0.1) is 23.3 Å². The molecule has 0 unspecified atom stereocenters. The van der Waals surface area contributed by atoms with Crippen molar-refractivity contribution in [3.05, 3.63) is 70.6 Å². The molecule has 0 saturated carbocycles. The van der Waals surface area contributed by atoms with Crippen LogP contribution in [0.3, 0.4) is 0 Å². The highest BCUT2D eigenvalue weighted by Gasteiger charge is 2.32. The fraction of sp³-hybridized carbons (Fsp3) is 0.174. The topological polar surface area (TPSA) is 99.4 Å². The number of carbonyl (C=O) groups is 2. The number of benzene rings is 2. The predicted molar refractivity (Wildman–Crippen MR) is 122 cm³/mol. The average molecular weight is 439 g/mol. The van der Waals surface area contributed by atoms with E-state index in [0.29, 0.717) is 45.6 Å². The highest BCUT2D eigenvalue weighted by molar-refractivity contribution is 8.18. The molecular formula is C23H22N2O5S. The number of phenols is 1. The van der Waals surface area contributed by atoms with Crippen LogP contribution < -0.4 is 4.74 Å². The predicted octanol–water partition coefficient (Wildman–Crippen LogP) is 4.45. The van der Waals surface area contributed by atoms with Gasteiger partial charge in [0.2, 0.25) is 0 Å². The zero-order chi connectivity index (χ0) is 22.5. The number of methoxy groups -OCH3 is 1. The number of aliphatic imine (C=N–C) groups is 1. The average Bonchev–Trinajstić information content (AvgIpc) is 3.04. The van der Waals surface area contributed by atoms with Gasteiger partial charge in [-0.3, -0.25) is 9.69 Å². The van der Waals surface area contributed by atoms with Crippen molar-refractivity contribution < 1.29 is 24.5 Å². The van der Waals surface area contributed by atoms with Crippen molar-refractivity contribution in [3.8, 4) is 11.5 Å². The second-order valence-corrected chi connectivity index (χ2v) is 7.64. The lowest BCUT2D eigenvalue weighted by Crippen LogP contribution is -2.28. The Bertz CT molecular complexity index is 1090. The third kappa shape index (κ3) is 4.80. The molecule has 1 aliphatic rings. The van der Waals surface area contributed by atoms with Crippen LogP contribution in [-0.2, 0) is 11.2 Å². The summed E-state index contributed by atoms with van der Waals surface area (Å²) in [6.45, 7) is 6.00. The van der Waals surface area contributed by atoms with E-state index >= 15 is 0 Å². The Hall–Kier alpha value is -3.52. The summed E-state index contributed by atoms with van der Waals surface area (Å²) in [5.74, 6) is -0.811. The van der Waals surface area contributed by atoms with Crippen LogP contribution in [0.2, 0.25) is 0 Å². The molecule has 2 N–H and O–H groups in total. The van der Waals surface area contributed by atoms with E-state index in [-0.39, 0.29) is 17.2 Å². The maximum absolute atomic E-state index is 12.9. The van der Waals surface area contributed by atoms with Gasteiger partial charge in [-0.15, -0.1) is 6.58 Å². The zero-order valence-corrected chi connectivity index (χ0v) is 18.0. The minimum atomic E-state index is -1.01. The molecule has 1 heterocycles. The summed E-state index contributed by atoms with van der Waals surface area (Å²) in [6, 6.07) is 9.60. The van der Waals surface area contributed by atoms with Crippen molar-refractivity contribution in [1.29, 1.82) is 0 Å². The fourth-order valence-electron chi connectivity index (χ4n) is 3.05. The summed E-state index contributed by atoms with van der Waals surface area (Å²) in [4.78, 5) is 30.5. The molecule has 160 valence electrons. The van der Waals surface area contributed by atoms with E-state index in [4.69, 9.17) is 9.84 Å². The van der Waals surface area contributed by atoms with Crippen LogP contribution in [0.15, 0.2) is 59.0 Å². The Kier molecular flexibility index (Phi) is 6.81. The highest BCUT2D eigenvalue weighted by atomic mass is 32.2. The molecule has 3 rings (SSSR count). The number of amidine groups is 1. The summed E-state index contributed by atoms with van der Waals surface area (Å²) in [7, 11) is 1.47. The third-order valence-electron chi connectivity index (χ3n) is 4.60. The Balaban J connectivity index is 1.95. The van der Waals surface area contributed by atoms with Crippen LogP contribution in [-0.4, -0.2) is 45.8 Å². The molecule has 31 heavy (non-hydrogen) atoms. The molecule has 0 aliphatic carbocycles. The number of rotatable bonds is 7. The number of carbonyl (C=O) groups excluding carboxylic acids is 1. The Morgan fingerprint density at radius 1 is 1.29 bits per heavy atom. The second-order valence-electron chi connectivity index (χ2n) is 6.63. The number of carboxylic acids is 1. The highest BCUT2D eigenvalue weighted by Crippen LogP contribution is 2.37. The third-order valence-corrected chi connectivity index (χ3v) is 5.61. The number of hydrogen-bond donors (Lipinski definition) is 2. The van der Waals surface area contributed by atoms with Crippen LogP contribution in [0.1, 0.15) is 28.4 Å². The molecule has 8 heteroatoms. The summed E-state index contributed by atoms with van der Waals surface area (Å²) >= 11 is 1.24. The van der Waals surface area contributed by atoms with E-state index in [0.717, 1.165) is 0 Å². The zero-order valence-electron chi connectivity index (χ0n) is 17.2. The molecule has 1 aliphatic heterocycles. The molecule has 2 aromatic rings. The number of ether oxygens (including phenoxy) is 1. The van der Waals surface area contributed by atoms with E-state index in [1.54, 1.807) is 41.3 Å². The molecule has 0 aromatic heterocycles. The molecular weight excluding hydrogens is 416 g/mol. The minimum Gasteiger partial charge on any atom is -0.504 e. The summed E-state index contributed by atoms with van der Waals surface area (Å²) in [5, 5.41) is 19.8. The quantitative estimate of drug-likeness (QED) is 0.489. The number of thioether (sulfide) groups is 1. The molecule has 0 spiro atoms. The van der Waals surface area contributed by atoms with Gasteiger partial charge in [0.1, 0.15) is 0 Å². The Morgan fingerprint density at radius 3 is 2.58 bits per heavy atom. The number of nitrogens with zero attached hydrogens (tertiary/aromatic N) is 2. The fourth-order valence-corrected chi connectivity index (χ4v) is 4.11. The Labute approximate surface area is 184 Å². The van der Waals surface area contributed by atoms with Crippen molar-refractivity contribution in [2.45, 2.75) is 13.3 Å². The first-order valence-electron chi connectivity index (χ1n) is 9.52. The van der Waals surface area contributed by atoms with E-state index in [1.807, 2.05) is 6.92 Å². The van der Waals surface area contributed by atoms with Crippen LogP contribution in [0, 0.1) is 0 Å². The van der Waals surface area contributed by atoms with E-state index in [1.165, 1.54) is 31.0 Å². The van der Waals surface area contributed by atoms with E-state index in [9.17, 15) is 14.7 Å². The Morgan fingerprint density at radius 2 is 2.00 bits per heavy atom. The number of likely N-dealkylation sites (N-methyl/N-ethyl adjacent to an activating group) is 1. The number of hydrogen-bond acceptors (Lipinski definition) is 6. The van der Waals surface area contributed by atoms with Crippen molar-refractivity contribution in [2.24, 2.45) is 4.99 Å². The van der Waals surface area contributed by atoms with Gasteiger partial charge in [0.15, 0.2) is 16.7 Å². The lowest BCUT2D eigenvalue weighted by molar-refractivity contribution is -0.122. The van der Waals surface area contributed by atoms with Crippen molar-refractivity contribution in [2.75, 3.05) is 13.7 Å². The number of phenolic OH excluding ortho intramolecular Hbond substituents is 1. The van der Waals surface area contributed by atoms with Gasteiger partial charge < -0.3 is 14.9 Å².